The summed E-state index contributed by atoms with van der Waals surface area (Å²) in [5, 5.41) is 23.4. The standard InChI is InChI=1S/C23H29N5O5/c1-2-33-16-4-11-24-23(25-19-6-3-5-18(17-19)22(29)30)27-14-12-26(13-15-27)20-7-9-21(10-8-20)28(31)32/h3,5-10,17H,2,4,11-16H2,1H3,(H,24,25)(H,29,30). The van der Waals surface area contributed by atoms with Gasteiger partial charge in [0.1, 0.15) is 0 Å². The zero-order valence-electron chi connectivity index (χ0n) is 18.6. The molecule has 33 heavy (non-hydrogen) atoms. The van der Waals surface area contributed by atoms with E-state index in [1.54, 1.807) is 30.3 Å². The molecule has 1 saturated heterocycles. The number of rotatable bonds is 9. The van der Waals surface area contributed by atoms with Crippen LogP contribution in [0.25, 0.3) is 0 Å². The van der Waals surface area contributed by atoms with E-state index >= 15 is 0 Å². The molecule has 0 bridgehead atoms. The maximum atomic E-state index is 11.3. The maximum Gasteiger partial charge on any atom is 0.335 e. The number of hydrogen-bond donors (Lipinski definition) is 2. The normalized spacial score (nSPS) is 14.3. The predicted molar refractivity (Wildman–Crippen MR) is 127 cm³/mol. The molecule has 0 aliphatic carbocycles. The number of aromatic carboxylic acids is 1. The van der Waals surface area contributed by atoms with Gasteiger partial charge in [-0.1, -0.05) is 6.07 Å². The Bertz CT molecular complexity index is 971. The number of aliphatic imine (C=N–C) groups is 1. The van der Waals surface area contributed by atoms with Crippen molar-refractivity contribution in [3.05, 3.63) is 64.2 Å². The van der Waals surface area contributed by atoms with E-state index in [4.69, 9.17) is 9.73 Å². The van der Waals surface area contributed by atoms with Gasteiger partial charge in [0, 0.05) is 69.4 Å². The van der Waals surface area contributed by atoms with Crippen molar-refractivity contribution in [1.82, 2.24) is 4.90 Å². The van der Waals surface area contributed by atoms with Gasteiger partial charge in [-0.3, -0.25) is 15.1 Å². The van der Waals surface area contributed by atoms with Gasteiger partial charge in [0.15, 0.2) is 5.96 Å². The summed E-state index contributed by atoms with van der Waals surface area (Å²) in [6, 6.07) is 13.2. The molecule has 0 aromatic heterocycles. The monoisotopic (exact) mass is 455 g/mol. The molecule has 1 fully saturated rings. The first kappa shape index (κ1) is 24.0. The Morgan fingerprint density at radius 2 is 1.91 bits per heavy atom. The number of ether oxygens (including phenoxy) is 1. The predicted octanol–water partition coefficient (Wildman–Crippen LogP) is 3.31. The molecule has 0 radical (unpaired) electrons. The van der Waals surface area contributed by atoms with Gasteiger partial charge in [-0.15, -0.1) is 0 Å². The molecular weight excluding hydrogens is 426 g/mol. The highest BCUT2D eigenvalue weighted by molar-refractivity contribution is 5.96. The van der Waals surface area contributed by atoms with E-state index in [-0.39, 0.29) is 11.3 Å². The molecule has 1 heterocycles. The van der Waals surface area contributed by atoms with E-state index < -0.39 is 10.9 Å². The largest absolute Gasteiger partial charge is 0.478 e. The van der Waals surface area contributed by atoms with Gasteiger partial charge in [0.05, 0.1) is 10.5 Å². The van der Waals surface area contributed by atoms with Crippen LogP contribution in [0.2, 0.25) is 0 Å². The van der Waals surface area contributed by atoms with Gasteiger partial charge in [-0.05, 0) is 43.7 Å². The van der Waals surface area contributed by atoms with Crippen LogP contribution in [-0.2, 0) is 4.74 Å². The number of carboxylic acids is 1. The summed E-state index contributed by atoms with van der Waals surface area (Å²) in [5.74, 6) is -0.289. The van der Waals surface area contributed by atoms with Crippen molar-refractivity contribution in [3.63, 3.8) is 0 Å². The Morgan fingerprint density at radius 3 is 2.55 bits per heavy atom. The second-order valence-corrected chi connectivity index (χ2v) is 7.51. The average molecular weight is 456 g/mol. The molecule has 0 saturated carbocycles. The molecule has 10 nitrogen and oxygen atoms in total. The smallest absolute Gasteiger partial charge is 0.335 e. The molecule has 2 aromatic rings. The summed E-state index contributed by atoms with van der Waals surface area (Å²) < 4.78 is 5.39. The van der Waals surface area contributed by atoms with Crippen LogP contribution in [0.4, 0.5) is 17.1 Å². The van der Waals surface area contributed by atoms with Gasteiger partial charge >= 0.3 is 5.97 Å². The first-order valence-corrected chi connectivity index (χ1v) is 10.9. The second-order valence-electron chi connectivity index (χ2n) is 7.51. The average Bonchev–Trinajstić information content (AvgIpc) is 2.83. The summed E-state index contributed by atoms with van der Waals surface area (Å²) in [6.45, 7) is 6.70. The topological polar surface area (TPSA) is 121 Å². The van der Waals surface area contributed by atoms with Crippen LogP contribution in [0, 0.1) is 10.1 Å². The number of carboxylic acid groups (broad SMARTS) is 1. The van der Waals surface area contributed by atoms with Crippen molar-refractivity contribution >= 4 is 29.0 Å². The molecule has 3 rings (SSSR count). The third-order valence-corrected chi connectivity index (χ3v) is 5.28. The number of carbonyl (C=O) groups is 1. The Kier molecular flexibility index (Phi) is 8.59. The number of piperazine rings is 1. The Balaban J connectivity index is 1.67. The third-order valence-electron chi connectivity index (χ3n) is 5.28. The summed E-state index contributed by atoms with van der Waals surface area (Å²) >= 11 is 0. The molecule has 0 amide bonds. The van der Waals surface area contributed by atoms with Gasteiger partial charge in [-0.2, -0.15) is 0 Å². The third kappa shape index (κ3) is 6.91. The van der Waals surface area contributed by atoms with Gasteiger partial charge in [-0.25, -0.2) is 4.79 Å². The van der Waals surface area contributed by atoms with E-state index in [2.05, 4.69) is 15.1 Å². The Morgan fingerprint density at radius 1 is 1.18 bits per heavy atom. The van der Waals surface area contributed by atoms with Crippen molar-refractivity contribution in [2.75, 3.05) is 56.2 Å². The van der Waals surface area contributed by atoms with Gasteiger partial charge in [0.2, 0.25) is 0 Å². The second kappa shape index (κ2) is 11.8. The fourth-order valence-electron chi connectivity index (χ4n) is 3.54. The molecule has 10 heteroatoms. The molecule has 0 unspecified atom stereocenters. The molecule has 176 valence electrons. The number of nitro groups is 1. The van der Waals surface area contributed by atoms with Crippen LogP contribution in [0.3, 0.4) is 0 Å². The minimum atomic E-state index is -0.981. The highest BCUT2D eigenvalue weighted by Gasteiger charge is 2.21. The van der Waals surface area contributed by atoms with E-state index in [1.165, 1.54) is 12.1 Å². The van der Waals surface area contributed by atoms with Crippen LogP contribution >= 0.6 is 0 Å². The van der Waals surface area contributed by atoms with Crippen LogP contribution in [-0.4, -0.2) is 72.8 Å². The number of nitrogens with one attached hydrogen (secondary N) is 1. The summed E-state index contributed by atoms with van der Waals surface area (Å²) in [5.41, 5.74) is 1.89. The van der Waals surface area contributed by atoms with Crippen LogP contribution < -0.4 is 10.2 Å². The number of benzene rings is 2. The van der Waals surface area contributed by atoms with Gasteiger partial charge in [0.25, 0.3) is 5.69 Å². The SMILES string of the molecule is CCOCCCN=C(Nc1cccc(C(=O)O)c1)N1CCN(c2ccc([N+](=O)[O-])cc2)CC1. The quantitative estimate of drug-likeness (QED) is 0.194. The van der Waals surface area contributed by atoms with Crippen LogP contribution in [0.15, 0.2) is 53.5 Å². The fraction of sp³-hybridized carbons (Fsp3) is 0.391. The molecule has 1 aliphatic heterocycles. The number of non-ortho nitro benzene ring substituents is 1. The minimum absolute atomic E-state index is 0.0756. The molecule has 2 N–H and O–H groups in total. The zero-order chi connectivity index (χ0) is 23.6. The lowest BCUT2D eigenvalue weighted by Crippen LogP contribution is -2.50. The number of hydrogen-bond acceptors (Lipinski definition) is 6. The van der Waals surface area contributed by atoms with E-state index in [0.29, 0.717) is 44.5 Å². The maximum absolute atomic E-state index is 11.3. The highest BCUT2D eigenvalue weighted by atomic mass is 16.6. The van der Waals surface area contributed by atoms with Crippen LogP contribution in [0.1, 0.15) is 23.7 Å². The molecule has 2 aromatic carbocycles. The summed E-state index contributed by atoms with van der Waals surface area (Å²) in [6.07, 6.45) is 0.789. The first-order chi connectivity index (χ1) is 16.0. The molecule has 1 aliphatic rings. The minimum Gasteiger partial charge on any atom is -0.478 e. The van der Waals surface area contributed by atoms with E-state index in [9.17, 15) is 20.0 Å². The molecular formula is C23H29N5O5. The first-order valence-electron chi connectivity index (χ1n) is 10.9. The molecule has 0 atom stereocenters. The number of nitrogens with zero attached hydrogens (tertiary/aromatic N) is 4. The number of nitro benzene ring substituents is 1. The van der Waals surface area contributed by atoms with Crippen molar-refractivity contribution in [2.24, 2.45) is 4.99 Å². The number of anilines is 2. The Labute approximate surface area is 192 Å². The zero-order valence-corrected chi connectivity index (χ0v) is 18.6. The molecule has 0 spiro atoms. The lowest BCUT2D eigenvalue weighted by atomic mass is 10.2. The van der Waals surface area contributed by atoms with Crippen molar-refractivity contribution in [2.45, 2.75) is 13.3 Å². The Hall–Kier alpha value is -3.66. The fourth-order valence-corrected chi connectivity index (χ4v) is 3.54. The summed E-state index contributed by atoms with van der Waals surface area (Å²) in [4.78, 5) is 30.8. The van der Waals surface area contributed by atoms with E-state index in [0.717, 1.165) is 25.2 Å². The highest BCUT2D eigenvalue weighted by Crippen LogP contribution is 2.21. The van der Waals surface area contributed by atoms with Crippen molar-refractivity contribution in [1.29, 1.82) is 0 Å². The summed E-state index contributed by atoms with van der Waals surface area (Å²) in [7, 11) is 0. The van der Waals surface area contributed by atoms with Crippen molar-refractivity contribution in [3.8, 4) is 0 Å². The van der Waals surface area contributed by atoms with Crippen LogP contribution in [0.5, 0.6) is 0 Å². The van der Waals surface area contributed by atoms with E-state index in [1.807, 2.05) is 13.0 Å². The number of guanidine groups is 1. The lowest BCUT2D eigenvalue weighted by Gasteiger charge is -2.37. The lowest BCUT2D eigenvalue weighted by molar-refractivity contribution is -0.384. The van der Waals surface area contributed by atoms with Gasteiger partial charge < -0.3 is 25.0 Å². The van der Waals surface area contributed by atoms with Crippen molar-refractivity contribution < 1.29 is 19.6 Å².